The molecule has 1 amide bonds. The molecule has 0 aromatic heterocycles. The van der Waals surface area contributed by atoms with Gasteiger partial charge in [0.1, 0.15) is 0 Å². The van der Waals surface area contributed by atoms with E-state index in [-0.39, 0.29) is 11.5 Å². The minimum Gasteiger partial charge on any atom is -0.308 e. The lowest BCUT2D eigenvalue weighted by Gasteiger charge is -2.23. The Bertz CT molecular complexity index is 806. The summed E-state index contributed by atoms with van der Waals surface area (Å²) in [5.41, 5.74) is 0.971. The van der Waals surface area contributed by atoms with Gasteiger partial charge in [0, 0.05) is 17.8 Å². The fourth-order valence-electron chi connectivity index (χ4n) is 2.32. The van der Waals surface area contributed by atoms with Crippen LogP contribution in [0.25, 0.3) is 0 Å². The number of amides is 1. The molecular weight excluding hydrogens is 348 g/mol. The van der Waals surface area contributed by atoms with Crippen LogP contribution in [0, 0.1) is 0 Å². The summed E-state index contributed by atoms with van der Waals surface area (Å²) >= 11 is 0. The predicted molar refractivity (Wildman–Crippen MR) is 92.7 cm³/mol. The summed E-state index contributed by atoms with van der Waals surface area (Å²) in [5, 5.41) is 0. The van der Waals surface area contributed by atoms with Gasteiger partial charge in [0.15, 0.2) is 0 Å². The largest absolute Gasteiger partial charge is 0.341 e. The molecule has 4 nitrogen and oxygen atoms in total. The third kappa shape index (κ3) is 4.42. The summed E-state index contributed by atoms with van der Waals surface area (Å²) in [6.45, 7) is 2.52. The molecule has 0 spiro atoms. The van der Waals surface area contributed by atoms with E-state index in [1.54, 1.807) is 4.90 Å². The zero-order valence-corrected chi connectivity index (χ0v) is 14.5. The van der Waals surface area contributed by atoms with Crippen molar-refractivity contribution in [3.63, 3.8) is 0 Å². The molecule has 2 aromatic rings. The average Bonchev–Trinajstić information content (AvgIpc) is 2.62. The van der Waals surface area contributed by atoms with Gasteiger partial charge in [0.2, 0.25) is 9.84 Å². The van der Waals surface area contributed by atoms with Gasteiger partial charge >= 0.3 is 5.76 Å². The lowest BCUT2D eigenvalue weighted by molar-refractivity contribution is 0.0986. The first-order valence-corrected chi connectivity index (χ1v) is 9.41. The SMILES string of the molecule is CCCCN(C(=O)c1ccc(S(=O)(=O)C(F)F)cc1)c1ccccc1. The summed E-state index contributed by atoms with van der Waals surface area (Å²) in [4.78, 5) is 13.9. The average molecular weight is 367 g/mol. The number of carbonyl (C=O) groups is 1. The van der Waals surface area contributed by atoms with Crippen molar-refractivity contribution in [3.05, 3.63) is 60.2 Å². The van der Waals surface area contributed by atoms with Crippen LogP contribution in [0.1, 0.15) is 30.1 Å². The first-order valence-electron chi connectivity index (χ1n) is 7.87. The smallest absolute Gasteiger partial charge is 0.308 e. The summed E-state index contributed by atoms with van der Waals surface area (Å²) in [7, 11) is -4.66. The second-order valence-corrected chi connectivity index (χ2v) is 7.39. The van der Waals surface area contributed by atoms with Gasteiger partial charge in [-0.3, -0.25) is 4.79 Å². The molecule has 0 saturated heterocycles. The van der Waals surface area contributed by atoms with E-state index in [1.165, 1.54) is 12.1 Å². The number of unbranched alkanes of at least 4 members (excludes halogenated alkanes) is 1. The van der Waals surface area contributed by atoms with E-state index in [4.69, 9.17) is 0 Å². The highest BCUT2D eigenvalue weighted by Gasteiger charge is 2.27. The lowest BCUT2D eigenvalue weighted by atomic mass is 10.1. The van der Waals surface area contributed by atoms with Crippen molar-refractivity contribution in [2.75, 3.05) is 11.4 Å². The second-order valence-electron chi connectivity index (χ2n) is 5.48. The minimum absolute atomic E-state index is 0.244. The third-order valence-corrected chi connectivity index (χ3v) is 5.11. The van der Waals surface area contributed by atoms with Crippen LogP contribution in [0.4, 0.5) is 14.5 Å². The number of hydrogen-bond acceptors (Lipinski definition) is 3. The quantitative estimate of drug-likeness (QED) is 0.739. The van der Waals surface area contributed by atoms with Crippen LogP contribution in [-0.2, 0) is 9.84 Å². The molecular formula is C18H19F2NO3S. The maximum absolute atomic E-state index is 12.8. The van der Waals surface area contributed by atoms with Crippen molar-refractivity contribution < 1.29 is 22.0 Å². The highest BCUT2D eigenvalue weighted by atomic mass is 32.2. The number of hydrogen-bond donors (Lipinski definition) is 0. The van der Waals surface area contributed by atoms with E-state index in [2.05, 4.69) is 0 Å². The Balaban J connectivity index is 2.30. The summed E-state index contributed by atoms with van der Waals surface area (Å²) in [5.74, 6) is -3.79. The zero-order chi connectivity index (χ0) is 18.4. The topological polar surface area (TPSA) is 54.5 Å². The molecule has 0 fully saturated rings. The van der Waals surface area contributed by atoms with Crippen molar-refractivity contribution in [1.82, 2.24) is 0 Å². The molecule has 0 N–H and O–H groups in total. The highest BCUT2D eigenvalue weighted by Crippen LogP contribution is 2.21. The summed E-state index contributed by atoms with van der Waals surface area (Å²) < 4.78 is 48.1. The van der Waals surface area contributed by atoms with Gasteiger partial charge in [-0.2, -0.15) is 8.78 Å². The number of carbonyl (C=O) groups excluding carboxylic acids is 1. The van der Waals surface area contributed by atoms with Crippen molar-refractivity contribution >= 4 is 21.4 Å². The van der Waals surface area contributed by atoms with Crippen LogP contribution in [-0.4, -0.2) is 26.6 Å². The maximum Gasteiger partial charge on any atom is 0.341 e. The van der Waals surface area contributed by atoms with Crippen molar-refractivity contribution in [3.8, 4) is 0 Å². The normalized spacial score (nSPS) is 11.5. The molecule has 2 rings (SSSR count). The molecule has 0 aliphatic heterocycles. The first kappa shape index (κ1) is 19.1. The Morgan fingerprint density at radius 1 is 1.04 bits per heavy atom. The molecule has 0 aliphatic carbocycles. The summed E-state index contributed by atoms with van der Waals surface area (Å²) in [6.07, 6.45) is 1.71. The maximum atomic E-state index is 12.8. The fraction of sp³-hybridized carbons (Fsp3) is 0.278. The molecule has 0 unspecified atom stereocenters. The molecule has 134 valence electrons. The van der Waals surface area contributed by atoms with Crippen LogP contribution < -0.4 is 4.90 Å². The van der Waals surface area contributed by atoms with Gasteiger partial charge in [-0.05, 0) is 42.8 Å². The van der Waals surface area contributed by atoms with E-state index in [0.717, 1.165) is 30.7 Å². The lowest BCUT2D eigenvalue weighted by Crippen LogP contribution is -2.31. The Hall–Kier alpha value is -2.28. The summed E-state index contributed by atoms with van der Waals surface area (Å²) in [6, 6.07) is 13.7. The number of sulfone groups is 1. The molecule has 0 atom stereocenters. The monoisotopic (exact) mass is 367 g/mol. The standard InChI is InChI=1S/C18H19F2NO3S/c1-2-3-13-21(15-7-5-4-6-8-15)17(22)14-9-11-16(12-10-14)25(23,24)18(19)20/h4-12,18H,2-3,13H2,1H3. The second kappa shape index (κ2) is 8.20. The van der Waals surface area contributed by atoms with Crippen LogP contribution in [0.2, 0.25) is 0 Å². The number of alkyl halides is 2. The van der Waals surface area contributed by atoms with Gasteiger partial charge in [0.05, 0.1) is 4.90 Å². The van der Waals surface area contributed by atoms with Gasteiger partial charge in [0.25, 0.3) is 5.91 Å². The fourth-order valence-corrected chi connectivity index (χ4v) is 3.04. The van der Waals surface area contributed by atoms with E-state index < -0.39 is 20.5 Å². The number of rotatable bonds is 7. The van der Waals surface area contributed by atoms with E-state index in [1.807, 2.05) is 37.3 Å². The third-order valence-electron chi connectivity index (χ3n) is 3.71. The van der Waals surface area contributed by atoms with Gasteiger partial charge in [-0.15, -0.1) is 0 Å². The predicted octanol–water partition coefficient (Wildman–Crippen LogP) is 4.13. The zero-order valence-electron chi connectivity index (χ0n) is 13.7. The minimum atomic E-state index is -4.66. The first-order chi connectivity index (χ1) is 11.9. The molecule has 0 bridgehead atoms. The van der Waals surface area contributed by atoms with Crippen molar-refractivity contribution in [2.24, 2.45) is 0 Å². The highest BCUT2D eigenvalue weighted by molar-refractivity contribution is 7.91. The molecule has 0 radical (unpaired) electrons. The van der Waals surface area contributed by atoms with E-state index >= 15 is 0 Å². The van der Waals surface area contributed by atoms with E-state index in [9.17, 15) is 22.0 Å². The van der Waals surface area contributed by atoms with E-state index in [0.29, 0.717) is 6.54 Å². The van der Waals surface area contributed by atoms with Gasteiger partial charge in [-0.25, -0.2) is 8.42 Å². The number of halogens is 2. The van der Waals surface area contributed by atoms with Crippen LogP contribution in [0.15, 0.2) is 59.5 Å². The van der Waals surface area contributed by atoms with Gasteiger partial charge in [-0.1, -0.05) is 31.5 Å². The number of nitrogens with zero attached hydrogens (tertiary/aromatic N) is 1. The van der Waals surface area contributed by atoms with Crippen molar-refractivity contribution in [2.45, 2.75) is 30.4 Å². The molecule has 7 heteroatoms. The molecule has 2 aromatic carbocycles. The molecule has 0 heterocycles. The Morgan fingerprint density at radius 3 is 2.16 bits per heavy atom. The number of para-hydroxylation sites is 1. The number of anilines is 1. The molecule has 25 heavy (non-hydrogen) atoms. The van der Waals surface area contributed by atoms with Crippen LogP contribution in [0.5, 0.6) is 0 Å². The molecule has 0 aliphatic rings. The Morgan fingerprint density at radius 2 is 1.64 bits per heavy atom. The Kier molecular flexibility index (Phi) is 6.25. The van der Waals surface area contributed by atoms with Crippen molar-refractivity contribution in [1.29, 1.82) is 0 Å². The number of benzene rings is 2. The molecule has 0 saturated carbocycles. The van der Waals surface area contributed by atoms with Crippen LogP contribution >= 0.6 is 0 Å². The van der Waals surface area contributed by atoms with Gasteiger partial charge < -0.3 is 4.90 Å². The van der Waals surface area contributed by atoms with Crippen LogP contribution in [0.3, 0.4) is 0 Å². The Labute approximate surface area is 146 Å².